The Kier molecular flexibility index (Phi) is 8.51. The van der Waals surface area contributed by atoms with Crippen LogP contribution in [-0.2, 0) is 10.0 Å². The molecule has 1 aliphatic rings. The molecule has 178 valence electrons. The van der Waals surface area contributed by atoms with Gasteiger partial charge in [0.05, 0.1) is 16.3 Å². The molecule has 2 N–H and O–H groups in total. The molecule has 1 aliphatic heterocycles. The van der Waals surface area contributed by atoms with E-state index in [1.165, 1.54) is 22.5 Å². The lowest BCUT2D eigenvalue weighted by Crippen LogP contribution is -2.32. The molecule has 1 heterocycles. The Morgan fingerprint density at radius 1 is 1.00 bits per heavy atom. The normalized spacial score (nSPS) is 15.2. The van der Waals surface area contributed by atoms with E-state index in [2.05, 4.69) is 10.6 Å². The summed E-state index contributed by atoms with van der Waals surface area (Å²) in [6, 6.07) is 10.9. The van der Waals surface area contributed by atoms with Gasteiger partial charge in [-0.2, -0.15) is 4.31 Å². The van der Waals surface area contributed by atoms with Crippen LogP contribution >= 0.6 is 11.6 Å². The van der Waals surface area contributed by atoms with Gasteiger partial charge in [0.2, 0.25) is 10.0 Å². The highest BCUT2D eigenvalue weighted by Gasteiger charge is 2.28. The first-order valence-electron chi connectivity index (χ1n) is 11.2. The van der Waals surface area contributed by atoms with E-state index in [0.717, 1.165) is 25.7 Å². The van der Waals surface area contributed by atoms with Crippen molar-refractivity contribution >= 4 is 39.1 Å². The smallest absolute Gasteiger partial charge is 0.255 e. The fraction of sp³-hybridized carbons (Fsp3) is 0.417. The minimum Gasteiger partial charge on any atom is -0.352 e. The van der Waals surface area contributed by atoms with Crippen molar-refractivity contribution in [1.29, 1.82) is 0 Å². The second-order valence-corrected chi connectivity index (χ2v) is 10.9. The summed E-state index contributed by atoms with van der Waals surface area (Å²) >= 11 is 6.24. The zero-order valence-electron chi connectivity index (χ0n) is 18.9. The van der Waals surface area contributed by atoms with Crippen molar-refractivity contribution in [2.75, 3.05) is 25.0 Å². The van der Waals surface area contributed by atoms with Crippen molar-refractivity contribution in [3.63, 3.8) is 0 Å². The first-order valence-corrected chi connectivity index (χ1v) is 13.0. The van der Waals surface area contributed by atoms with Gasteiger partial charge in [-0.3, -0.25) is 9.59 Å². The average Bonchev–Trinajstić information content (AvgIpc) is 3.08. The molecule has 0 bridgehead atoms. The van der Waals surface area contributed by atoms with Crippen LogP contribution < -0.4 is 10.6 Å². The zero-order valence-corrected chi connectivity index (χ0v) is 20.5. The summed E-state index contributed by atoms with van der Waals surface area (Å²) in [5, 5.41) is 5.64. The van der Waals surface area contributed by atoms with E-state index in [9.17, 15) is 18.0 Å². The van der Waals surface area contributed by atoms with Crippen LogP contribution in [0.2, 0.25) is 5.02 Å². The largest absolute Gasteiger partial charge is 0.352 e. The number of nitrogens with zero attached hydrogens (tertiary/aromatic N) is 1. The molecule has 2 aromatic carbocycles. The fourth-order valence-corrected chi connectivity index (χ4v) is 5.66. The molecule has 0 aliphatic carbocycles. The third-order valence-corrected chi connectivity index (χ3v) is 7.85. The highest BCUT2D eigenvalue weighted by molar-refractivity contribution is 7.89. The van der Waals surface area contributed by atoms with Crippen molar-refractivity contribution in [3.05, 3.63) is 58.6 Å². The van der Waals surface area contributed by atoms with E-state index in [0.29, 0.717) is 30.9 Å². The van der Waals surface area contributed by atoms with Crippen LogP contribution in [0.15, 0.2) is 47.4 Å². The molecule has 3 rings (SSSR count). The van der Waals surface area contributed by atoms with Crippen LogP contribution in [0.4, 0.5) is 5.69 Å². The summed E-state index contributed by atoms with van der Waals surface area (Å²) in [4.78, 5) is 25.5. The molecule has 0 spiro atoms. The Morgan fingerprint density at radius 3 is 2.33 bits per heavy atom. The number of hydrogen-bond donors (Lipinski definition) is 2. The van der Waals surface area contributed by atoms with Gasteiger partial charge in [0.25, 0.3) is 11.8 Å². The second kappa shape index (κ2) is 11.1. The summed E-state index contributed by atoms with van der Waals surface area (Å²) in [6.07, 6.45) is 3.58. The van der Waals surface area contributed by atoms with Crippen LogP contribution in [0.25, 0.3) is 0 Å². The second-order valence-electron chi connectivity index (χ2n) is 8.57. The summed E-state index contributed by atoms with van der Waals surface area (Å²) in [7, 11) is -3.82. The van der Waals surface area contributed by atoms with Gasteiger partial charge < -0.3 is 10.6 Å². The van der Waals surface area contributed by atoms with Crippen molar-refractivity contribution in [2.45, 2.75) is 44.4 Å². The topological polar surface area (TPSA) is 95.6 Å². The minimum atomic E-state index is -3.82. The summed E-state index contributed by atoms with van der Waals surface area (Å²) in [5.41, 5.74) is 0.818. The maximum absolute atomic E-state index is 13.2. The van der Waals surface area contributed by atoms with E-state index >= 15 is 0 Å². The number of carbonyl (C=O) groups is 2. The van der Waals surface area contributed by atoms with Gasteiger partial charge >= 0.3 is 0 Å². The van der Waals surface area contributed by atoms with Crippen molar-refractivity contribution in [3.8, 4) is 0 Å². The average molecular weight is 492 g/mol. The Hall–Kier alpha value is -2.42. The fourth-order valence-electron chi connectivity index (χ4n) is 3.64. The first-order chi connectivity index (χ1) is 15.7. The third kappa shape index (κ3) is 6.34. The SMILES string of the molecule is CC(C)CNC(=O)c1ccccc1NC(=O)c1ccc(Cl)c(S(=O)(=O)N2CCCCCC2)c1. The summed E-state index contributed by atoms with van der Waals surface area (Å²) in [6.45, 7) is 5.37. The van der Waals surface area contributed by atoms with Gasteiger partial charge in [-0.1, -0.05) is 50.4 Å². The number of nitrogens with one attached hydrogen (secondary N) is 2. The van der Waals surface area contributed by atoms with Crippen molar-refractivity contribution < 1.29 is 18.0 Å². The number of rotatable bonds is 7. The molecular formula is C24H30ClN3O4S. The van der Waals surface area contributed by atoms with Crippen LogP contribution in [0.1, 0.15) is 60.2 Å². The number of para-hydroxylation sites is 1. The highest BCUT2D eigenvalue weighted by atomic mass is 35.5. The Morgan fingerprint density at radius 2 is 1.67 bits per heavy atom. The van der Waals surface area contributed by atoms with Crippen LogP contribution in [0.5, 0.6) is 0 Å². The Balaban J connectivity index is 1.84. The number of amides is 2. The van der Waals surface area contributed by atoms with E-state index in [1.54, 1.807) is 24.3 Å². The van der Waals surface area contributed by atoms with E-state index in [1.807, 2.05) is 13.8 Å². The summed E-state index contributed by atoms with van der Waals surface area (Å²) < 4.78 is 27.9. The lowest BCUT2D eigenvalue weighted by molar-refractivity contribution is 0.0950. The quantitative estimate of drug-likeness (QED) is 0.594. The van der Waals surface area contributed by atoms with Crippen molar-refractivity contribution in [1.82, 2.24) is 9.62 Å². The predicted octanol–water partition coefficient (Wildman–Crippen LogP) is 4.54. The number of carbonyl (C=O) groups excluding carboxylic acids is 2. The number of hydrogen-bond acceptors (Lipinski definition) is 4. The lowest BCUT2D eigenvalue weighted by Gasteiger charge is -2.21. The summed E-state index contributed by atoms with van der Waals surface area (Å²) in [5.74, 6) is -0.530. The monoisotopic (exact) mass is 491 g/mol. The lowest BCUT2D eigenvalue weighted by atomic mass is 10.1. The van der Waals surface area contributed by atoms with Gasteiger partial charge in [-0.15, -0.1) is 0 Å². The number of halogens is 1. The molecule has 33 heavy (non-hydrogen) atoms. The molecule has 1 saturated heterocycles. The Labute approximate surface area is 200 Å². The highest BCUT2D eigenvalue weighted by Crippen LogP contribution is 2.28. The van der Waals surface area contributed by atoms with Gasteiger partial charge in [-0.25, -0.2) is 8.42 Å². The van der Waals surface area contributed by atoms with E-state index in [4.69, 9.17) is 11.6 Å². The molecule has 0 aromatic heterocycles. The van der Waals surface area contributed by atoms with Gasteiger partial charge in [-0.05, 0) is 49.1 Å². The molecule has 0 saturated carbocycles. The predicted molar refractivity (Wildman–Crippen MR) is 130 cm³/mol. The molecule has 9 heteroatoms. The van der Waals surface area contributed by atoms with E-state index in [-0.39, 0.29) is 27.3 Å². The van der Waals surface area contributed by atoms with Gasteiger partial charge in [0, 0.05) is 25.2 Å². The maximum atomic E-state index is 13.2. The standard InChI is InChI=1S/C24H30ClN3O4S/c1-17(2)16-26-24(30)19-9-5-6-10-21(19)27-23(29)18-11-12-20(25)22(15-18)33(31,32)28-13-7-3-4-8-14-28/h5-6,9-12,15,17H,3-4,7-8,13-14,16H2,1-2H3,(H,26,30)(H,27,29). The molecular weight excluding hydrogens is 462 g/mol. The number of benzene rings is 2. The molecule has 0 radical (unpaired) electrons. The van der Waals surface area contributed by atoms with Crippen molar-refractivity contribution in [2.24, 2.45) is 5.92 Å². The van der Waals surface area contributed by atoms with Crippen LogP contribution in [0.3, 0.4) is 0 Å². The third-order valence-electron chi connectivity index (χ3n) is 5.47. The zero-order chi connectivity index (χ0) is 24.0. The molecule has 0 atom stereocenters. The van der Waals surface area contributed by atoms with Crippen LogP contribution in [-0.4, -0.2) is 44.2 Å². The minimum absolute atomic E-state index is 0.0734. The molecule has 7 nitrogen and oxygen atoms in total. The van der Waals surface area contributed by atoms with Gasteiger partial charge in [0.15, 0.2) is 0 Å². The number of sulfonamides is 1. The molecule has 1 fully saturated rings. The number of anilines is 1. The molecule has 2 aromatic rings. The maximum Gasteiger partial charge on any atom is 0.255 e. The van der Waals surface area contributed by atoms with Gasteiger partial charge in [0.1, 0.15) is 4.90 Å². The Bertz CT molecular complexity index is 1110. The van der Waals surface area contributed by atoms with Crippen LogP contribution in [0, 0.1) is 5.92 Å². The molecule has 0 unspecified atom stereocenters. The molecule has 2 amide bonds. The van der Waals surface area contributed by atoms with E-state index < -0.39 is 15.9 Å². The first kappa shape index (κ1) is 25.2.